The first-order valence-corrected chi connectivity index (χ1v) is 7.69. The van der Waals surface area contributed by atoms with Crippen molar-refractivity contribution in [2.24, 2.45) is 10.7 Å². The Morgan fingerprint density at radius 3 is 2.60 bits per heavy atom. The lowest BCUT2D eigenvalue weighted by molar-refractivity contribution is 0.166. The summed E-state index contributed by atoms with van der Waals surface area (Å²) >= 11 is 0. The lowest BCUT2D eigenvalue weighted by Gasteiger charge is -2.41. The number of aliphatic imine (C=N–C) groups is 1. The maximum Gasteiger partial charge on any atom is 0.192 e. The molecule has 108 valence electrons. The minimum absolute atomic E-state index is 0.0725. The van der Waals surface area contributed by atoms with Crippen molar-refractivity contribution in [2.45, 2.75) is 58.0 Å². The van der Waals surface area contributed by atoms with Gasteiger partial charge in [-0.25, -0.2) is 0 Å². The molecule has 3 heteroatoms. The molecule has 0 saturated heterocycles. The van der Waals surface area contributed by atoms with Gasteiger partial charge >= 0.3 is 0 Å². The molecule has 1 fully saturated rings. The second-order valence-electron chi connectivity index (χ2n) is 6.57. The Balaban J connectivity index is 2.01. The molecule has 0 amide bonds. The van der Waals surface area contributed by atoms with E-state index in [1.165, 1.54) is 42.4 Å². The van der Waals surface area contributed by atoms with Gasteiger partial charge in [-0.15, -0.1) is 0 Å². The molecule has 1 aromatic carbocycles. The van der Waals surface area contributed by atoms with Crippen LogP contribution in [0.5, 0.6) is 0 Å². The van der Waals surface area contributed by atoms with Crippen molar-refractivity contribution < 1.29 is 0 Å². The van der Waals surface area contributed by atoms with Crippen molar-refractivity contribution in [1.29, 1.82) is 0 Å². The average Bonchev–Trinajstić information content (AvgIpc) is 2.98. The Morgan fingerprint density at radius 1 is 1.25 bits per heavy atom. The summed E-state index contributed by atoms with van der Waals surface area (Å²) in [6.45, 7) is 7.42. The van der Waals surface area contributed by atoms with E-state index in [9.17, 15) is 0 Å². The van der Waals surface area contributed by atoms with Gasteiger partial charge < -0.3 is 10.6 Å². The van der Waals surface area contributed by atoms with Gasteiger partial charge in [0.1, 0.15) is 0 Å². The molecule has 0 radical (unpaired) electrons. The first-order valence-electron chi connectivity index (χ1n) is 7.69. The molecular formula is C17H25N3. The highest BCUT2D eigenvalue weighted by molar-refractivity contribution is 5.81. The van der Waals surface area contributed by atoms with Crippen molar-refractivity contribution in [3.63, 3.8) is 0 Å². The topological polar surface area (TPSA) is 41.6 Å². The van der Waals surface area contributed by atoms with Crippen LogP contribution in [0.15, 0.2) is 23.2 Å². The van der Waals surface area contributed by atoms with E-state index in [0.717, 1.165) is 12.5 Å². The molecule has 2 aliphatic rings. The highest BCUT2D eigenvalue weighted by atomic mass is 15.4. The zero-order valence-electron chi connectivity index (χ0n) is 12.8. The van der Waals surface area contributed by atoms with E-state index in [1.807, 2.05) is 0 Å². The summed E-state index contributed by atoms with van der Waals surface area (Å²) in [5.41, 5.74) is 10.2. The first kappa shape index (κ1) is 13.5. The fourth-order valence-electron chi connectivity index (χ4n) is 4.03. The molecule has 1 aliphatic carbocycles. The van der Waals surface area contributed by atoms with E-state index in [2.05, 4.69) is 48.9 Å². The smallest absolute Gasteiger partial charge is 0.192 e. The Kier molecular flexibility index (Phi) is 3.23. The van der Waals surface area contributed by atoms with E-state index in [1.54, 1.807) is 0 Å². The SMILES string of the molecule is Cc1ccc(C2(C)CN=C(N)N2C2CCCC2)c(C)c1. The molecule has 1 atom stereocenters. The van der Waals surface area contributed by atoms with Gasteiger partial charge in [-0.2, -0.15) is 0 Å². The largest absolute Gasteiger partial charge is 0.370 e. The van der Waals surface area contributed by atoms with Crippen molar-refractivity contribution >= 4 is 5.96 Å². The molecule has 0 bridgehead atoms. The van der Waals surface area contributed by atoms with Crippen LogP contribution in [-0.2, 0) is 5.54 Å². The minimum Gasteiger partial charge on any atom is -0.370 e. The van der Waals surface area contributed by atoms with Crippen molar-refractivity contribution in [2.75, 3.05) is 6.54 Å². The molecular weight excluding hydrogens is 246 g/mol. The molecule has 1 heterocycles. The number of hydrogen-bond donors (Lipinski definition) is 1. The molecule has 3 nitrogen and oxygen atoms in total. The third-order valence-corrected chi connectivity index (χ3v) is 4.98. The zero-order chi connectivity index (χ0) is 14.3. The maximum atomic E-state index is 6.23. The zero-order valence-corrected chi connectivity index (χ0v) is 12.8. The lowest BCUT2D eigenvalue weighted by Crippen LogP contribution is -2.52. The van der Waals surface area contributed by atoms with Gasteiger partial charge in [0.15, 0.2) is 5.96 Å². The third-order valence-electron chi connectivity index (χ3n) is 4.98. The number of hydrogen-bond acceptors (Lipinski definition) is 3. The summed E-state index contributed by atoms with van der Waals surface area (Å²) < 4.78 is 0. The highest BCUT2D eigenvalue weighted by Crippen LogP contribution is 2.39. The summed E-state index contributed by atoms with van der Waals surface area (Å²) in [4.78, 5) is 6.98. The quantitative estimate of drug-likeness (QED) is 0.898. The second-order valence-corrected chi connectivity index (χ2v) is 6.57. The Bertz CT molecular complexity index is 543. The van der Waals surface area contributed by atoms with Gasteiger partial charge in [0.05, 0.1) is 12.1 Å². The van der Waals surface area contributed by atoms with Gasteiger partial charge in [-0.05, 0) is 44.7 Å². The standard InChI is InChI=1S/C17H25N3/c1-12-8-9-15(13(2)10-12)17(3)11-19-16(18)20(17)14-6-4-5-7-14/h8-10,14H,4-7,11H2,1-3H3,(H2,18,19). The first-order chi connectivity index (χ1) is 9.52. The van der Waals surface area contributed by atoms with Gasteiger partial charge in [0.25, 0.3) is 0 Å². The van der Waals surface area contributed by atoms with Gasteiger partial charge in [0.2, 0.25) is 0 Å². The van der Waals surface area contributed by atoms with Crippen LogP contribution in [0.4, 0.5) is 0 Å². The Morgan fingerprint density at radius 2 is 1.95 bits per heavy atom. The van der Waals surface area contributed by atoms with Crippen molar-refractivity contribution in [1.82, 2.24) is 4.90 Å². The molecule has 1 aromatic rings. The number of aryl methyl sites for hydroxylation is 2. The summed E-state index contributed by atoms with van der Waals surface area (Å²) in [7, 11) is 0. The predicted molar refractivity (Wildman–Crippen MR) is 83.9 cm³/mol. The van der Waals surface area contributed by atoms with E-state index in [0.29, 0.717) is 6.04 Å². The van der Waals surface area contributed by atoms with Crippen LogP contribution >= 0.6 is 0 Å². The summed E-state index contributed by atoms with van der Waals surface area (Å²) in [6, 6.07) is 7.30. The van der Waals surface area contributed by atoms with Gasteiger partial charge in [0, 0.05) is 6.04 Å². The molecule has 20 heavy (non-hydrogen) atoms. The van der Waals surface area contributed by atoms with E-state index in [4.69, 9.17) is 5.73 Å². The minimum atomic E-state index is -0.0725. The second kappa shape index (κ2) is 4.80. The molecule has 1 saturated carbocycles. The van der Waals surface area contributed by atoms with Gasteiger partial charge in [-0.3, -0.25) is 4.99 Å². The van der Waals surface area contributed by atoms with Crippen LogP contribution < -0.4 is 5.73 Å². The number of nitrogens with two attached hydrogens (primary N) is 1. The molecule has 2 N–H and O–H groups in total. The summed E-state index contributed by atoms with van der Waals surface area (Å²) in [6.07, 6.45) is 5.13. The molecule has 1 aliphatic heterocycles. The molecule has 0 aromatic heterocycles. The predicted octanol–water partition coefficient (Wildman–Crippen LogP) is 3.09. The Hall–Kier alpha value is -1.51. The monoisotopic (exact) mass is 271 g/mol. The Labute approximate surface area is 121 Å². The van der Waals surface area contributed by atoms with Crippen molar-refractivity contribution in [3.8, 4) is 0 Å². The highest BCUT2D eigenvalue weighted by Gasteiger charge is 2.44. The van der Waals surface area contributed by atoms with Crippen LogP contribution in [0.25, 0.3) is 0 Å². The lowest BCUT2D eigenvalue weighted by atomic mass is 9.86. The van der Waals surface area contributed by atoms with E-state index in [-0.39, 0.29) is 5.54 Å². The normalized spacial score (nSPS) is 27.1. The van der Waals surface area contributed by atoms with Crippen LogP contribution in [0.1, 0.15) is 49.3 Å². The third kappa shape index (κ3) is 2.00. The molecule has 3 rings (SSSR count). The maximum absolute atomic E-state index is 6.23. The molecule has 0 spiro atoms. The number of guanidine groups is 1. The summed E-state index contributed by atoms with van der Waals surface area (Å²) in [5, 5.41) is 0. The average molecular weight is 271 g/mol. The van der Waals surface area contributed by atoms with Crippen LogP contribution in [0.2, 0.25) is 0 Å². The van der Waals surface area contributed by atoms with Crippen molar-refractivity contribution in [3.05, 3.63) is 34.9 Å². The van der Waals surface area contributed by atoms with Crippen LogP contribution in [-0.4, -0.2) is 23.4 Å². The van der Waals surface area contributed by atoms with E-state index < -0.39 is 0 Å². The number of nitrogens with zero attached hydrogens (tertiary/aromatic N) is 2. The number of rotatable bonds is 2. The molecule has 1 unspecified atom stereocenters. The van der Waals surface area contributed by atoms with Gasteiger partial charge in [-0.1, -0.05) is 36.6 Å². The van der Waals surface area contributed by atoms with Crippen LogP contribution in [0, 0.1) is 13.8 Å². The summed E-state index contributed by atoms with van der Waals surface area (Å²) in [5.74, 6) is 0.736. The van der Waals surface area contributed by atoms with Crippen LogP contribution in [0.3, 0.4) is 0 Å². The number of benzene rings is 1. The fraction of sp³-hybridized carbons (Fsp3) is 0.588. The van der Waals surface area contributed by atoms with E-state index >= 15 is 0 Å². The fourth-order valence-corrected chi connectivity index (χ4v) is 4.03.